The number of ether oxygens (including phenoxy) is 1. The average molecular weight is 581 g/mol. The molecule has 12 heteroatoms. The van der Waals surface area contributed by atoms with Crippen molar-refractivity contribution in [1.29, 1.82) is 0 Å². The number of halogens is 1. The zero-order valence-corrected chi connectivity index (χ0v) is 22.0. The molecule has 188 valence electrons. The van der Waals surface area contributed by atoms with E-state index in [0.717, 1.165) is 15.6 Å². The number of carbonyl (C=O) groups excluding carboxylic acids is 1. The molecule has 3 aromatic carbocycles. The van der Waals surface area contributed by atoms with Crippen molar-refractivity contribution in [2.24, 2.45) is 12.1 Å². The van der Waals surface area contributed by atoms with Gasteiger partial charge in [-0.2, -0.15) is 5.10 Å². The molecule has 0 aliphatic heterocycles. The van der Waals surface area contributed by atoms with E-state index in [-0.39, 0.29) is 24.0 Å². The molecule has 0 spiro atoms. The summed E-state index contributed by atoms with van der Waals surface area (Å²) in [5.74, 6) is 1.08. The number of benzene rings is 3. The van der Waals surface area contributed by atoms with Crippen molar-refractivity contribution in [3.63, 3.8) is 0 Å². The van der Waals surface area contributed by atoms with Crippen molar-refractivity contribution < 1.29 is 14.5 Å². The lowest BCUT2D eigenvalue weighted by molar-refractivity contribution is -0.384. The maximum atomic E-state index is 12.3. The first-order chi connectivity index (χ1) is 17.9. The smallest absolute Gasteiger partial charge is 0.269 e. The van der Waals surface area contributed by atoms with Gasteiger partial charge in [0.05, 0.1) is 16.9 Å². The number of amides is 1. The Morgan fingerprint density at radius 3 is 2.70 bits per heavy atom. The van der Waals surface area contributed by atoms with Crippen LogP contribution in [0.1, 0.15) is 11.1 Å². The second kappa shape index (κ2) is 12.3. The Bertz CT molecular complexity index is 1440. The van der Waals surface area contributed by atoms with Crippen LogP contribution < -0.4 is 10.2 Å². The minimum Gasteiger partial charge on any atom is -0.488 e. The Morgan fingerprint density at radius 2 is 1.95 bits per heavy atom. The third-order valence-electron chi connectivity index (χ3n) is 5.10. The third-order valence-corrected chi connectivity index (χ3v) is 6.62. The highest BCUT2D eigenvalue weighted by Gasteiger charge is 2.13. The van der Waals surface area contributed by atoms with Crippen LogP contribution in [0.3, 0.4) is 0 Å². The number of hydrogen-bond acceptors (Lipinski definition) is 8. The van der Waals surface area contributed by atoms with Crippen molar-refractivity contribution in [3.8, 4) is 17.1 Å². The van der Waals surface area contributed by atoms with Gasteiger partial charge in [-0.15, -0.1) is 10.2 Å². The second-order valence-electron chi connectivity index (χ2n) is 7.71. The summed E-state index contributed by atoms with van der Waals surface area (Å²) in [6, 6.07) is 21.1. The number of thioether (sulfide) groups is 1. The number of para-hydroxylation sites is 1. The number of non-ortho nitro benzene ring substituents is 1. The summed E-state index contributed by atoms with van der Waals surface area (Å²) < 4.78 is 8.62. The molecular weight excluding hydrogens is 560 g/mol. The van der Waals surface area contributed by atoms with Crippen LogP contribution in [0.25, 0.3) is 11.4 Å². The van der Waals surface area contributed by atoms with Gasteiger partial charge in [0.2, 0.25) is 0 Å². The highest BCUT2D eigenvalue weighted by molar-refractivity contribution is 9.10. The molecule has 4 aromatic rings. The standard InChI is InChI=1S/C25H21BrN6O4S/c1-31-24(18-6-4-7-20(26)13-18)29-30-25(31)37-16-23(33)28-27-14-19-5-2-3-8-22(19)36-15-17-9-11-21(12-10-17)32(34)35/h2-14H,15-16H2,1H3,(H,28,33)/b27-14+. The zero-order valence-electron chi connectivity index (χ0n) is 19.6. The Labute approximate surface area is 225 Å². The van der Waals surface area contributed by atoms with Gasteiger partial charge in [0.25, 0.3) is 11.6 Å². The highest BCUT2D eigenvalue weighted by atomic mass is 79.9. The lowest BCUT2D eigenvalue weighted by atomic mass is 10.2. The summed E-state index contributed by atoms with van der Waals surface area (Å²) in [6.45, 7) is 0.228. The summed E-state index contributed by atoms with van der Waals surface area (Å²) in [4.78, 5) is 22.7. The van der Waals surface area contributed by atoms with E-state index >= 15 is 0 Å². The zero-order chi connectivity index (χ0) is 26.2. The molecule has 0 unspecified atom stereocenters. The van der Waals surface area contributed by atoms with Gasteiger partial charge in [-0.25, -0.2) is 5.43 Å². The summed E-state index contributed by atoms with van der Waals surface area (Å²) in [6.07, 6.45) is 1.50. The molecule has 1 heterocycles. The van der Waals surface area contributed by atoms with Crippen LogP contribution in [0.15, 0.2) is 87.5 Å². The third kappa shape index (κ3) is 7.02. The predicted molar refractivity (Wildman–Crippen MR) is 144 cm³/mol. The van der Waals surface area contributed by atoms with E-state index in [4.69, 9.17) is 4.74 Å². The molecule has 0 saturated carbocycles. The maximum Gasteiger partial charge on any atom is 0.269 e. The van der Waals surface area contributed by atoms with Crippen molar-refractivity contribution in [2.75, 3.05) is 5.75 Å². The van der Waals surface area contributed by atoms with E-state index < -0.39 is 4.92 Å². The first-order valence-electron chi connectivity index (χ1n) is 11.0. The van der Waals surface area contributed by atoms with E-state index in [1.165, 1.54) is 30.1 Å². The van der Waals surface area contributed by atoms with Gasteiger partial charge in [-0.05, 0) is 42.0 Å². The number of rotatable bonds is 10. The molecule has 10 nitrogen and oxygen atoms in total. The summed E-state index contributed by atoms with van der Waals surface area (Å²) in [7, 11) is 1.85. The summed E-state index contributed by atoms with van der Waals surface area (Å²) in [5, 5.41) is 23.9. The molecule has 0 saturated heterocycles. The maximum absolute atomic E-state index is 12.3. The van der Waals surface area contributed by atoms with Gasteiger partial charge in [0.15, 0.2) is 11.0 Å². The van der Waals surface area contributed by atoms with Crippen molar-refractivity contribution >= 4 is 45.5 Å². The van der Waals surface area contributed by atoms with Gasteiger partial charge >= 0.3 is 0 Å². The van der Waals surface area contributed by atoms with Crippen LogP contribution in [-0.2, 0) is 18.4 Å². The first-order valence-corrected chi connectivity index (χ1v) is 12.7. The Balaban J connectivity index is 1.30. The Kier molecular flexibility index (Phi) is 8.64. The Morgan fingerprint density at radius 1 is 1.16 bits per heavy atom. The van der Waals surface area contributed by atoms with Crippen molar-refractivity contribution in [1.82, 2.24) is 20.2 Å². The largest absolute Gasteiger partial charge is 0.488 e. The first kappa shape index (κ1) is 26.0. The van der Waals surface area contributed by atoms with Crippen molar-refractivity contribution in [3.05, 3.63) is 98.5 Å². The van der Waals surface area contributed by atoms with Gasteiger partial charge in [0.1, 0.15) is 12.4 Å². The fourth-order valence-electron chi connectivity index (χ4n) is 3.25. The quantitative estimate of drug-likeness (QED) is 0.121. The molecule has 1 amide bonds. The van der Waals surface area contributed by atoms with E-state index in [1.807, 2.05) is 48.0 Å². The molecule has 0 bridgehead atoms. The summed E-state index contributed by atoms with van der Waals surface area (Å²) >= 11 is 4.71. The van der Waals surface area contributed by atoms with Crippen LogP contribution in [0.5, 0.6) is 5.75 Å². The van der Waals surface area contributed by atoms with Gasteiger partial charge < -0.3 is 9.30 Å². The topological polar surface area (TPSA) is 125 Å². The predicted octanol–water partition coefficient (Wildman–Crippen LogP) is 4.97. The molecule has 37 heavy (non-hydrogen) atoms. The molecule has 0 fully saturated rings. The number of nitro benzene ring substituents is 1. The second-order valence-corrected chi connectivity index (χ2v) is 9.57. The van der Waals surface area contributed by atoms with Crippen LogP contribution >= 0.6 is 27.7 Å². The number of carbonyl (C=O) groups is 1. The molecular formula is C25H21BrN6O4S. The lowest BCUT2D eigenvalue weighted by Crippen LogP contribution is -2.20. The normalized spacial score (nSPS) is 11.0. The molecule has 0 aliphatic carbocycles. The lowest BCUT2D eigenvalue weighted by Gasteiger charge is -2.09. The van der Waals surface area contributed by atoms with Crippen LogP contribution in [-0.4, -0.2) is 37.6 Å². The summed E-state index contributed by atoms with van der Waals surface area (Å²) in [5.41, 5.74) is 4.91. The number of nitrogens with one attached hydrogen (secondary N) is 1. The van der Waals surface area contributed by atoms with E-state index in [2.05, 4.69) is 36.7 Å². The average Bonchev–Trinajstić information content (AvgIpc) is 3.27. The van der Waals surface area contributed by atoms with Gasteiger partial charge in [0, 0.05) is 34.8 Å². The Hall–Kier alpha value is -4.03. The van der Waals surface area contributed by atoms with Crippen LogP contribution in [0.2, 0.25) is 0 Å². The van der Waals surface area contributed by atoms with E-state index in [0.29, 0.717) is 22.3 Å². The monoisotopic (exact) mass is 580 g/mol. The van der Waals surface area contributed by atoms with Crippen molar-refractivity contribution in [2.45, 2.75) is 11.8 Å². The number of nitro groups is 1. The molecule has 0 aliphatic rings. The number of nitrogens with zero attached hydrogens (tertiary/aromatic N) is 5. The van der Waals surface area contributed by atoms with E-state index in [1.54, 1.807) is 24.3 Å². The minimum atomic E-state index is -0.447. The number of hydrogen-bond donors (Lipinski definition) is 1. The fourth-order valence-corrected chi connectivity index (χ4v) is 4.35. The number of aromatic nitrogens is 3. The fraction of sp³-hybridized carbons (Fsp3) is 0.120. The van der Waals surface area contributed by atoms with Crippen LogP contribution in [0.4, 0.5) is 5.69 Å². The van der Waals surface area contributed by atoms with Crippen LogP contribution in [0, 0.1) is 10.1 Å². The highest BCUT2D eigenvalue weighted by Crippen LogP contribution is 2.25. The van der Waals surface area contributed by atoms with E-state index in [9.17, 15) is 14.9 Å². The molecule has 1 N–H and O–H groups in total. The minimum absolute atomic E-state index is 0.0224. The molecule has 0 radical (unpaired) electrons. The molecule has 0 atom stereocenters. The molecule has 4 rings (SSSR count). The SMILES string of the molecule is Cn1c(SCC(=O)N/N=C/c2ccccc2OCc2ccc([N+](=O)[O-])cc2)nnc1-c1cccc(Br)c1. The van der Waals surface area contributed by atoms with Gasteiger partial charge in [-0.1, -0.05) is 52.0 Å². The van der Waals surface area contributed by atoms with Gasteiger partial charge in [-0.3, -0.25) is 14.9 Å². The molecule has 1 aromatic heterocycles. The number of hydrazone groups is 1.